The van der Waals surface area contributed by atoms with E-state index < -0.39 is 0 Å². The molecule has 0 aliphatic heterocycles. The SMILES string of the molecule is CCc1c(NC)ncnc1Oc1ccccc1CO. The Morgan fingerprint density at radius 3 is 2.74 bits per heavy atom. The van der Waals surface area contributed by atoms with Crippen LogP contribution in [0.2, 0.25) is 0 Å². The van der Waals surface area contributed by atoms with E-state index in [2.05, 4.69) is 15.3 Å². The number of hydrogen-bond donors (Lipinski definition) is 2. The summed E-state index contributed by atoms with van der Waals surface area (Å²) >= 11 is 0. The minimum Gasteiger partial charge on any atom is -0.438 e. The molecule has 0 saturated carbocycles. The molecule has 0 aliphatic carbocycles. The van der Waals surface area contributed by atoms with Gasteiger partial charge < -0.3 is 15.2 Å². The van der Waals surface area contributed by atoms with Gasteiger partial charge in [-0.2, -0.15) is 0 Å². The molecule has 0 saturated heterocycles. The number of hydrogen-bond acceptors (Lipinski definition) is 5. The zero-order chi connectivity index (χ0) is 13.7. The Labute approximate surface area is 112 Å². The lowest BCUT2D eigenvalue weighted by Gasteiger charge is -2.13. The minimum absolute atomic E-state index is 0.0679. The second-order valence-corrected chi connectivity index (χ2v) is 3.98. The summed E-state index contributed by atoms with van der Waals surface area (Å²) < 4.78 is 5.81. The molecule has 0 amide bonds. The Bertz CT molecular complexity index is 558. The maximum Gasteiger partial charge on any atom is 0.227 e. The number of aliphatic hydroxyl groups is 1. The summed E-state index contributed by atoms with van der Waals surface area (Å²) in [4.78, 5) is 8.34. The number of aliphatic hydroxyl groups excluding tert-OH is 1. The van der Waals surface area contributed by atoms with Crippen molar-refractivity contribution in [2.24, 2.45) is 0 Å². The monoisotopic (exact) mass is 259 g/mol. The van der Waals surface area contributed by atoms with Crippen LogP contribution in [0.3, 0.4) is 0 Å². The van der Waals surface area contributed by atoms with E-state index in [4.69, 9.17) is 4.74 Å². The number of nitrogens with one attached hydrogen (secondary N) is 1. The average Bonchev–Trinajstić information content (AvgIpc) is 2.47. The lowest BCUT2D eigenvalue weighted by atomic mass is 10.2. The Morgan fingerprint density at radius 2 is 2.05 bits per heavy atom. The van der Waals surface area contributed by atoms with E-state index in [0.717, 1.165) is 23.4 Å². The van der Waals surface area contributed by atoms with Crippen molar-refractivity contribution in [2.75, 3.05) is 12.4 Å². The fourth-order valence-electron chi connectivity index (χ4n) is 1.86. The lowest BCUT2D eigenvalue weighted by molar-refractivity contribution is 0.276. The van der Waals surface area contributed by atoms with Crippen molar-refractivity contribution in [3.63, 3.8) is 0 Å². The van der Waals surface area contributed by atoms with Crippen LogP contribution in [-0.4, -0.2) is 22.1 Å². The van der Waals surface area contributed by atoms with Crippen LogP contribution < -0.4 is 10.1 Å². The predicted octanol–water partition coefficient (Wildman–Crippen LogP) is 2.37. The zero-order valence-electron chi connectivity index (χ0n) is 11.1. The van der Waals surface area contributed by atoms with Gasteiger partial charge in [0.05, 0.1) is 12.2 Å². The molecule has 2 rings (SSSR count). The Morgan fingerprint density at radius 1 is 1.26 bits per heavy atom. The standard InChI is InChI=1S/C14H17N3O2/c1-3-11-13(15-2)16-9-17-14(11)19-12-7-5-4-6-10(12)8-18/h4-7,9,18H,3,8H2,1-2H3,(H,15,16,17). The quantitative estimate of drug-likeness (QED) is 0.862. The summed E-state index contributed by atoms with van der Waals surface area (Å²) in [5.41, 5.74) is 1.65. The molecule has 0 unspecified atom stereocenters. The van der Waals surface area contributed by atoms with Crippen molar-refractivity contribution in [2.45, 2.75) is 20.0 Å². The van der Waals surface area contributed by atoms with Gasteiger partial charge in [-0.05, 0) is 12.5 Å². The molecule has 0 spiro atoms. The number of aromatic nitrogens is 2. The van der Waals surface area contributed by atoms with Crippen LogP contribution in [0.1, 0.15) is 18.1 Å². The molecule has 1 aromatic carbocycles. The lowest BCUT2D eigenvalue weighted by Crippen LogP contribution is -2.03. The molecule has 1 heterocycles. The first-order valence-corrected chi connectivity index (χ1v) is 6.18. The first-order chi connectivity index (χ1) is 9.30. The Kier molecular flexibility index (Phi) is 4.30. The number of para-hydroxylation sites is 1. The summed E-state index contributed by atoms with van der Waals surface area (Å²) in [6.45, 7) is 1.95. The van der Waals surface area contributed by atoms with Crippen molar-refractivity contribution in [3.8, 4) is 11.6 Å². The molecule has 5 nitrogen and oxygen atoms in total. The molecule has 2 aromatic rings. The fraction of sp³-hybridized carbons (Fsp3) is 0.286. The minimum atomic E-state index is -0.0679. The highest BCUT2D eigenvalue weighted by Gasteiger charge is 2.12. The molecule has 0 radical (unpaired) electrons. The van der Waals surface area contributed by atoms with Gasteiger partial charge >= 0.3 is 0 Å². The van der Waals surface area contributed by atoms with Crippen molar-refractivity contribution >= 4 is 5.82 Å². The van der Waals surface area contributed by atoms with Gasteiger partial charge in [0.1, 0.15) is 17.9 Å². The third kappa shape index (κ3) is 2.82. The van der Waals surface area contributed by atoms with E-state index in [1.807, 2.05) is 38.2 Å². The first-order valence-electron chi connectivity index (χ1n) is 6.18. The molecule has 2 N–H and O–H groups in total. The maximum absolute atomic E-state index is 9.30. The van der Waals surface area contributed by atoms with Gasteiger partial charge in [-0.15, -0.1) is 0 Å². The van der Waals surface area contributed by atoms with E-state index in [-0.39, 0.29) is 6.61 Å². The number of rotatable bonds is 5. The van der Waals surface area contributed by atoms with Crippen molar-refractivity contribution in [3.05, 3.63) is 41.7 Å². The second kappa shape index (κ2) is 6.15. The van der Waals surface area contributed by atoms with Gasteiger partial charge in [-0.3, -0.25) is 0 Å². The molecule has 0 fully saturated rings. The molecule has 5 heteroatoms. The van der Waals surface area contributed by atoms with Gasteiger partial charge in [-0.1, -0.05) is 25.1 Å². The van der Waals surface area contributed by atoms with Crippen LogP contribution in [0.5, 0.6) is 11.6 Å². The van der Waals surface area contributed by atoms with Crippen LogP contribution >= 0.6 is 0 Å². The van der Waals surface area contributed by atoms with Gasteiger partial charge in [0.25, 0.3) is 0 Å². The van der Waals surface area contributed by atoms with Crippen molar-refractivity contribution in [1.82, 2.24) is 9.97 Å². The third-order valence-corrected chi connectivity index (χ3v) is 2.85. The Hall–Kier alpha value is -2.14. The topological polar surface area (TPSA) is 67.3 Å². The molecule has 0 bridgehead atoms. The van der Waals surface area contributed by atoms with Gasteiger partial charge in [0.15, 0.2) is 0 Å². The molecular weight excluding hydrogens is 242 g/mol. The van der Waals surface area contributed by atoms with Crippen LogP contribution in [0.4, 0.5) is 5.82 Å². The first kappa shape index (κ1) is 13.3. The highest BCUT2D eigenvalue weighted by atomic mass is 16.5. The molecule has 0 aliphatic rings. The molecule has 100 valence electrons. The van der Waals surface area contributed by atoms with Crippen molar-refractivity contribution in [1.29, 1.82) is 0 Å². The molecule has 0 atom stereocenters. The molecule has 1 aromatic heterocycles. The fourth-order valence-corrected chi connectivity index (χ4v) is 1.86. The van der Waals surface area contributed by atoms with Crippen molar-refractivity contribution < 1.29 is 9.84 Å². The number of nitrogens with zero attached hydrogens (tertiary/aromatic N) is 2. The van der Waals surface area contributed by atoms with Gasteiger partial charge in [0, 0.05) is 12.6 Å². The summed E-state index contributed by atoms with van der Waals surface area (Å²) in [5.74, 6) is 1.89. The van der Waals surface area contributed by atoms with Gasteiger partial charge in [0.2, 0.25) is 5.88 Å². The third-order valence-electron chi connectivity index (χ3n) is 2.85. The van der Waals surface area contributed by atoms with Crippen LogP contribution in [0, 0.1) is 0 Å². The molecule has 19 heavy (non-hydrogen) atoms. The molecular formula is C14H17N3O2. The number of benzene rings is 1. The van der Waals surface area contributed by atoms with Crippen LogP contribution in [-0.2, 0) is 13.0 Å². The van der Waals surface area contributed by atoms with E-state index in [9.17, 15) is 5.11 Å². The highest BCUT2D eigenvalue weighted by Crippen LogP contribution is 2.29. The zero-order valence-corrected chi connectivity index (χ0v) is 11.1. The number of ether oxygens (including phenoxy) is 1. The van der Waals surface area contributed by atoms with Gasteiger partial charge in [-0.25, -0.2) is 9.97 Å². The summed E-state index contributed by atoms with van der Waals surface area (Å²) in [6, 6.07) is 7.35. The predicted molar refractivity (Wildman–Crippen MR) is 73.4 cm³/mol. The smallest absolute Gasteiger partial charge is 0.227 e. The normalized spacial score (nSPS) is 10.3. The van der Waals surface area contributed by atoms with E-state index in [0.29, 0.717) is 11.6 Å². The number of anilines is 1. The largest absolute Gasteiger partial charge is 0.438 e. The van der Waals surface area contributed by atoms with Crippen LogP contribution in [0.15, 0.2) is 30.6 Å². The van der Waals surface area contributed by atoms with E-state index >= 15 is 0 Å². The summed E-state index contributed by atoms with van der Waals surface area (Å²) in [7, 11) is 1.81. The summed E-state index contributed by atoms with van der Waals surface area (Å²) in [6.07, 6.45) is 2.22. The van der Waals surface area contributed by atoms with Crippen LogP contribution in [0.25, 0.3) is 0 Å². The second-order valence-electron chi connectivity index (χ2n) is 3.98. The van der Waals surface area contributed by atoms with E-state index in [1.54, 1.807) is 0 Å². The Balaban J connectivity index is 2.38. The maximum atomic E-state index is 9.30. The average molecular weight is 259 g/mol. The van der Waals surface area contributed by atoms with E-state index in [1.165, 1.54) is 6.33 Å². The summed E-state index contributed by atoms with van der Waals surface area (Å²) in [5, 5.41) is 12.3. The highest BCUT2D eigenvalue weighted by molar-refractivity contribution is 5.49.